The molecule has 8 nitrogen and oxygen atoms in total. The number of rotatable bonds is 4. The molecule has 1 saturated heterocycles. The van der Waals surface area contributed by atoms with Gasteiger partial charge in [0.05, 0.1) is 30.3 Å². The Morgan fingerprint density at radius 1 is 1.46 bits per heavy atom. The van der Waals surface area contributed by atoms with Crippen LogP contribution in [0.3, 0.4) is 0 Å². The first-order chi connectivity index (χ1) is 11.6. The Bertz CT molecular complexity index is 776. The van der Waals surface area contributed by atoms with Crippen molar-refractivity contribution in [1.82, 2.24) is 24.8 Å². The van der Waals surface area contributed by atoms with Crippen molar-refractivity contribution in [2.24, 2.45) is 0 Å². The molecule has 0 saturated carbocycles. The van der Waals surface area contributed by atoms with Crippen LogP contribution in [0.1, 0.15) is 28.2 Å². The Morgan fingerprint density at radius 2 is 2.33 bits per heavy atom. The van der Waals surface area contributed by atoms with E-state index in [1.54, 1.807) is 18.0 Å². The van der Waals surface area contributed by atoms with E-state index in [1.165, 1.54) is 18.7 Å². The lowest BCUT2D eigenvalue weighted by Gasteiger charge is -2.33. The summed E-state index contributed by atoms with van der Waals surface area (Å²) in [6.07, 6.45) is 5.63. The van der Waals surface area contributed by atoms with Crippen LogP contribution in [0.15, 0.2) is 29.7 Å². The van der Waals surface area contributed by atoms with E-state index in [9.17, 15) is 9.59 Å². The number of aromatic amines is 1. The van der Waals surface area contributed by atoms with Gasteiger partial charge in [-0.1, -0.05) is 0 Å². The van der Waals surface area contributed by atoms with Crippen molar-refractivity contribution in [3.05, 3.63) is 52.2 Å². The number of amides is 1. The van der Waals surface area contributed by atoms with Gasteiger partial charge in [0.15, 0.2) is 0 Å². The van der Waals surface area contributed by atoms with Gasteiger partial charge in [0.2, 0.25) is 0 Å². The van der Waals surface area contributed by atoms with Crippen LogP contribution < -0.4 is 5.56 Å². The highest BCUT2D eigenvalue weighted by Gasteiger charge is 2.26. The van der Waals surface area contributed by atoms with Crippen LogP contribution in [0.25, 0.3) is 0 Å². The van der Waals surface area contributed by atoms with Crippen LogP contribution in [0.5, 0.6) is 0 Å². The summed E-state index contributed by atoms with van der Waals surface area (Å²) in [7, 11) is 0. The highest BCUT2D eigenvalue weighted by atomic mass is 16.5. The predicted octanol–water partition coefficient (Wildman–Crippen LogP) is 0.342. The molecule has 1 aliphatic heterocycles. The fourth-order valence-corrected chi connectivity index (χ4v) is 2.70. The Morgan fingerprint density at radius 3 is 3.12 bits per heavy atom. The number of nitrogens with zero attached hydrogens (tertiary/aromatic N) is 4. The summed E-state index contributed by atoms with van der Waals surface area (Å²) in [5.41, 5.74) is 1.75. The van der Waals surface area contributed by atoms with Gasteiger partial charge in [-0.05, 0) is 19.8 Å². The minimum atomic E-state index is -0.166. The van der Waals surface area contributed by atoms with E-state index < -0.39 is 0 Å². The van der Waals surface area contributed by atoms with Crippen molar-refractivity contribution in [2.75, 3.05) is 19.7 Å². The summed E-state index contributed by atoms with van der Waals surface area (Å²) in [5.74, 6) is -0.0734. The number of hydrogen-bond acceptors (Lipinski definition) is 6. The topological polar surface area (TPSA) is 101 Å². The number of ether oxygens (including phenoxy) is 1. The molecule has 0 unspecified atom stereocenters. The molecule has 8 heteroatoms. The zero-order chi connectivity index (χ0) is 16.9. The lowest BCUT2D eigenvalue weighted by atomic mass is 10.1. The van der Waals surface area contributed by atoms with Gasteiger partial charge in [0.25, 0.3) is 11.5 Å². The van der Waals surface area contributed by atoms with E-state index in [0.29, 0.717) is 43.8 Å². The molecule has 1 amide bonds. The average molecular weight is 329 g/mol. The van der Waals surface area contributed by atoms with Crippen molar-refractivity contribution < 1.29 is 9.53 Å². The third-order valence-electron chi connectivity index (χ3n) is 4.03. The Hall–Kier alpha value is -2.61. The van der Waals surface area contributed by atoms with Crippen LogP contribution in [-0.4, -0.2) is 56.5 Å². The second kappa shape index (κ2) is 7.31. The number of H-pyrrole nitrogens is 1. The van der Waals surface area contributed by atoms with Gasteiger partial charge in [-0.25, -0.2) is 15.0 Å². The smallest absolute Gasteiger partial charge is 0.257 e. The molecule has 1 fully saturated rings. The Labute approximate surface area is 138 Å². The van der Waals surface area contributed by atoms with Gasteiger partial charge < -0.3 is 14.6 Å². The zero-order valence-electron chi connectivity index (χ0n) is 13.4. The van der Waals surface area contributed by atoms with Crippen LogP contribution in [0.4, 0.5) is 0 Å². The summed E-state index contributed by atoms with van der Waals surface area (Å²) >= 11 is 0. The van der Waals surface area contributed by atoms with E-state index in [-0.39, 0.29) is 17.6 Å². The van der Waals surface area contributed by atoms with Crippen molar-refractivity contribution in [2.45, 2.75) is 25.9 Å². The number of carbonyl (C=O) groups excluding carboxylic acids is 1. The molecule has 126 valence electrons. The molecule has 2 aromatic rings. The fourth-order valence-electron chi connectivity index (χ4n) is 2.70. The lowest BCUT2D eigenvalue weighted by molar-refractivity contribution is -0.0247. The first-order valence-corrected chi connectivity index (χ1v) is 7.84. The number of hydrogen-bond donors (Lipinski definition) is 1. The molecule has 3 rings (SSSR count). The largest absolute Gasteiger partial charge is 0.375 e. The molecule has 2 aromatic heterocycles. The molecule has 1 aliphatic rings. The minimum Gasteiger partial charge on any atom is -0.375 e. The lowest BCUT2D eigenvalue weighted by Crippen LogP contribution is -2.46. The fraction of sp³-hybridized carbons (Fsp3) is 0.438. The third kappa shape index (κ3) is 3.83. The quantitative estimate of drug-likeness (QED) is 0.868. The predicted molar refractivity (Wildman–Crippen MR) is 85.6 cm³/mol. The summed E-state index contributed by atoms with van der Waals surface area (Å²) in [4.78, 5) is 40.3. The number of carbonyl (C=O) groups is 1. The minimum absolute atomic E-state index is 0.0734. The number of nitrogens with one attached hydrogen (secondary N) is 1. The van der Waals surface area contributed by atoms with Gasteiger partial charge in [-0.15, -0.1) is 0 Å². The van der Waals surface area contributed by atoms with Crippen LogP contribution in [0, 0.1) is 6.92 Å². The number of aryl methyl sites for hydroxylation is 2. The van der Waals surface area contributed by atoms with Crippen molar-refractivity contribution in [3.63, 3.8) is 0 Å². The van der Waals surface area contributed by atoms with Gasteiger partial charge >= 0.3 is 0 Å². The summed E-state index contributed by atoms with van der Waals surface area (Å²) in [6.45, 7) is 3.35. The summed E-state index contributed by atoms with van der Waals surface area (Å²) in [6, 6.07) is 1.48. The molecule has 0 aliphatic carbocycles. The highest BCUT2D eigenvalue weighted by molar-refractivity contribution is 5.94. The van der Waals surface area contributed by atoms with Gasteiger partial charge in [0.1, 0.15) is 6.33 Å². The summed E-state index contributed by atoms with van der Waals surface area (Å²) < 4.78 is 5.74. The summed E-state index contributed by atoms with van der Waals surface area (Å²) in [5, 5.41) is 0. The molecule has 24 heavy (non-hydrogen) atoms. The standard InChI is InChI=1S/C16H19N5O3/c1-11-14(7-17-9-18-11)16(23)21-4-5-24-13(8-21)3-2-12-6-15(22)20-10-19-12/h6-7,9-10,13H,2-5,8H2,1H3,(H,19,20,22)/t13-/m1/s1. The molecule has 1 N–H and O–H groups in total. The molecular formula is C16H19N5O3. The molecule has 3 heterocycles. The van der Waals surface area contributed by atoms with Crippen LogP contribution in [0.2, 0.25) is 0 Å². The monoisotopic (exact) mass is 329 g/mol. The molecule has 1 atom stereocenters. The first kappa shape index (κ1) is 16.3. The van der Waals surface area contributed by atoms with E-state index in [4.69, 9.17) is 4.74 Å². The van der Waals surface area contributed by atoms with E-state index in [1.807, 2.05) is 0 Å². The molecular weight excluding hydrogens is 310 g/mol. The second-order valence-electron chi connectivity index (χ2n) is 5.71. The van der Waals surface area contributed by atoms with Crippen LogP contribution in [-0.2, 0) is 11.2 Å². The third-order valence-corrected chi connectivity index (χ3v) is 4.03. The maximum atomic E-state index is 12.6. The Balaban J connectivity index is 1.61. The molecule has 0 radical (unpaired) electrons. The van der Waals surface area contributed by atoms with Gasteiger partial charge in [-0.2, -0.15) is 0 Å². The first-order valence-electron chi connectivity index (χ1n) is 7.84. The SMILES string of the molecule is Cc1ncncc1C(=O)N1CCO[C@H](CCc2cc(=O)[nH]cn2)C1. The Kier molecular flexibility index (Phi) is 4.95. The molecule has 0 aromatic carbocycles. The second-order valence-corrected chi connectivity index (χ2v) is 5.71. The van der Waals surface area contributed by atoms with Crippen molar-refractivity contribution in [1.29, 1.82) is 0 Å². The van der Waals surface area contributed by atoms with E-state index in [2.05, 4.69) is 19.9 Å². The van der Waals surface area contributed by atoms with Gasteiger partial charge in [0, 0.05) is 31.0 Å². The number of morpholine rings is 1. The maximum Gasteiger partial charge on any atom is 0.257 e. The maximum absolute atomic E-state index is 12.6. The van der Waals surface area contributed by atoms with E-state index in [0.717, 1.165) is 5.69 Å². The highest BCUT2D eigenvalue weighted by Crippen LogP contribution is 2.15. The van der Waals surface area contributed by atoms with Gasteiger partial charge in [-0.3, -0.25) is 9.59 Å². The van der Waals surface area contributed by atoms with Crippen molar-refractivity contribution >= 4 is 5.91 Å². The van der Waals surface area contributed by atoms with Crippen LogP contribution >= 0.6 is 0 Å². The van der Waals surface area contributed by atoms with E-state index >= 15 is 0 Å². The molecule has 0 bridgehead atoms. The average Bonchev–Trinajstić information content (AvgIpc) is 2.60. The zero-order valence-corrected chi connectivity index (χ0v) is 13.4. The molecule has 0 spiro atoms. The number of aromatic nitrogens is 4. The normalized spacial score (nSPS) is 17.7. The van der Waals surface area contributed by atoms with Crippen molar-refractivity contribution in [3.8, 4) is 0 Å².